The molecule has 0 amide bonds. The molecular weight excluding hydrogens is 325 g/mol. The van der Waals surface area contributed by atoms with E-state index in [2.05, 4.69) is 15.2 Å². The Labute approximate surface area is 143 Å². The van der Waals surface area contributed by atoms with Crippen LogP contribution in [0.3, 0.4) is 0 Å². The smallest absolute Gasteiger partial charge is 0.191 e. The molecule has 0 radical (unpaired) electrons. The fourth-order valence-electron chi connectivity index (χ4n) is 2.17. The summed E-state index contributed by atoms with van der Waals surface area (Å²) in [7, 11) is 0. The van der Waals surface area contributed by atoms with Gasteiger partial charge in [0.05, 0.1) is 11.6 Å². The number of pyridine rings is 1. The van der Waals surface area contributed by atoms with E-state index < -0.39 is 0 Å². The molecule has 3 aromatic rings. The van der Waals surface area contributed by atoms with Crippen LogP contribution in [0, 0.1) is 17.1 Å². The van der Waals surface area contributed by atoms with E-state index in [0.717, 1.165) is 17.3 Å². The molecule has 0 N–H and O–H groups in total. The van der Waals surface area contributed by atoms with Crippen molar-refractivity contribution < 1.29 is 4.39 Å². The number of nitrogens with zero attached hydrogens (tertiary/aromatic N) is 5. The Kier molecular flexibility index (Phi) is 5.18. The Bertz CT molecular complexity index is 857. The summed E-state index contributed by atoms with van der Waals surface area (Å²) in [6, 6.07) is 12.2. The number of hydrogen-bond donors (Lipinski definition) is 0. The molecule has 2 aromatic heterocycles. The van der Waals surface area contributed by atoms with E-state index in [4.69, 9.17) is 5.26 Å². The molecule has 7 heteroatoms. The van der Waals surface area contributed by atoms with Gasteiger partial charge in [-0.2, -0.15) is 5.26 Å². The van der Waals surface area contributed by atoms with E-state index >= 15 is 0 Å². The molecular formula is C17H14FN5S. The largest absolute Gasteiger partial charge is 0.308 e. The molecule has 0 bridgehead atoms. The topological polar surface area (TPSA) is 67.4 Å². The standard InChI is InChI=1S/C17H14FN5S/c18-16-9-13(10-19)4-5-14(16)11-24-17-22-21-12-23(17)8-6-15-3-1-2-7-20-15/h1-5,7,9,12H,6,8,11H2. The van der Waals surface area contributed by atoms with Gasteiger partial charge < -0.3 is 4.57 Å². The zero-order chi connectivity index (χ0) is 16.8. The molecule has 3 rings (SSSR count). The highest BCUT2D eigenvalue weighted by Gasteiger charge is 2.09. The van der Waals surface area contributed by atoms with Gasteiger partial charge in [0, 0.05) is 30.6 Å². The minimum Gasteiger partial charge on any atom is -0.308 e. The zero-order valence-electron chi connectivity index (χ0n) is 12.8. The van der Waals surface area contributed by atoms with Gasteiger partial charge in [0.15, 0.2) is 5.16 Å². The van der Waals surface area contributed by atoms with Crippen molar-refractivity contribution in [3.8, 4) is 6.07 Å². The SMILES string of the molecule is N#Cc1ccc(CSc2nncn2CCc2ccccn2)c(F)c1. The maximum absolute atomic E-state index is 13.9. The quantitative estimate of drug-likeness (QED) is 0.645. The number of rotatable bonds is 6. The van der Waals surface area contributed by atoms with E-state index in [1.54, 1.807) is 24.7 Å². The Morgan fingerprint density at radius 3 is 2.92 bits per heavy atom. The van der Waals surface area contributed by atoms with Crippen LogP contribution in [0.2, 0.25) is 0 Å². The Morgan fingerprint density at radius 2 is 2.17 bits per heavy atom. The van der Waals surface area contributed by atoms with E-state index in [1.807, 2.05) is 28.8 Å². The van der Waals surface area contributed by atoms with Crippen LogP contribution in [0.5, 0.6) is 0 Å². The Hall–Kier alpha value is -2.72. The summed E-state index contributed by atoms with van der Waals surface area (Å²) in [5.74, 6) is 0.0564. The van der Waals surface area contributed by atoms with Gasteiger partial charge in [-0.1, -0.05) is 23.9 Å². The molecule has 0 fully saturated rings. The van der Waals surface area contributed by atoms with E-state index in [1.165, 1.54) is 17.8 Å². The maximum Gasteiger partial charge on any atom is 0.191 e. The molecule has 0 saturated carbocycles. The molecule has 5 nitrogen and oxygen atoms in total. The van der Waals surface area contributed by atoms with Gasteiger partial charge in [0.25, 0.3) is 0 Å². The second-order valence-electron chi connectivity index (χ2n) is 5.08. The lowest BCUT2D eigenvalue weighted by Gasteiger charge is -2.07. The molecule has 2 heterocycles. The van der Waals surface area contributed by atoms with E-state index in [9.17, 15) is 4.39 Å². The molecule has 0 aliphatic carbocycles. The molecule has 120 valence electrons. The van der Waals surface area contributed by atoms with Crippen LogP contribution in [-0.4, -0.2) is 19.7 Å². The Morgan fingerprint density at radius 1 is 1.25 bits per heavy atom. The highest BCUT2D eigenvalue weighted by molar-refractivity contribution is 7.98. The van der Waals surface area contributed by atoms with Crippen LogP contribution >= 0.6 is 11.8 Å². The van der Waals surface area contributed by atoms with Crippen LogP contribution < -0.4 is 0 Å². The van der Waals surface area contributed by atoms with Gasteiger partial charge in [-0.3, -0.25) is 4.98 Å². The van der Waals surface area contributed by atoms with Crippen molar-refractivity contribution >= 4 is 11.8 Å². The van der Waals surface area contributed by atoms with Crippen molar-refractivity contribution in [1.82, 2.24) is 19.7 Å². The van der Waals surface area contributed by atoms with Gasteiger partial charge in [0.2, 0.25) is 0 Å². The molecule has 0 atom stereocenters. The summed E-state index contributed by atoms with van der Waals surface area (Å²) in [4.78, 5) is 4.29. The predicted octanol–water partition coefficient (Wildman–Crippen LogP) is 3.22. The predicted molar refractivity (Wildman–Crippen MR) is 88.6 cm³/mol. The van der Waals surface area contributed by atoms with Gasteiger partial charge >= 0.3 is 0 Å². The minimum absolute atomic E-state index is 0.319. The first-order valence-corrected chi connectivity index (χ1v) is 8.34. The van der Waals surface area contributed by atoms with Crippen LogP contribution in [-0.2, 0) is 18.7 Å². The Balaban J connectivity index is 1.62. The second kappa shape index (κ2) is 7.70. The van der Waals surface area contributed by atoms with Gasteiger partial charge in [-0.15, -0.1) is 10.2 Å². The summed E-state index contributed by atoms with van der Waals surface area (Å²) in [5, 5.41) is 17.5. The number of halogens is 1. The van der Waals surface area contributed by atoms with Gasteiger partial charge in [-0.05, 0) is 29.8 Å². The van der Waals surface area contributed by atoms with Crippen LogP contribution in [0.1, 0.15) is 16.8 Å². The van der Waals surface area contributed by atoms with Crippen molar-refractivity contribution in [2.75, 3.05) is 0 Å². The lowest BCUT2D eigenvalue weighted by atomic mass is 10.1. The summed E-state index contributed by atoms with van der Waals surface area (Å²) in [5.41, 5.74) is 1.86. The maximum atomic E-state index is 13.9. The molecule has 24 heavy (non-hydrogen) atoms. The minimum atomic E-state index is -0.374. The third-order valence-electron chi connectivity index (χ3n) is 3.45. The number of thioether (sulfide) groups is 1. The van der Waals surface area contributed by atoms with Crippen molar-refractivity contribution in [3.63, 3.8) is 0 Å². The lowest BCUT2D eigenvalue weighted by molar-refractivity contribution is 0.615. The highest BCUT2D eigenvalue weighted by Crippen LogP contribution is 2.23. The highest BCUT2D eigenvalue weighted by atomic mass is 32.2. The van der Waals surface area contributed by atoms with E-state index in [-0.39, 0.29) is 5.82 Å². The first kappa shape index (κ1) is 16.1. The second-order valence-corrected chi connectivity index (χ2v) is 6.03. The first-order valence-electron chi connectivity index (χ1n) is 7.35. The summed E-state index contributed by atoms with van der Waals surface area (Å²) >= 11 is 1.42. The van der Waals surface area contributed by atoms with Crippen molar-refractivity contribution in [2.24, 2.45) is 0 Å². The fourth-order valence-corrected chi connectivity index (χ4v) is 3.09. The summed E-state index contributed by atoms with van der Waals surface area (Å²) < 4.78 is 15.9. The monoisotopic (exact) mass is 339 g/mol. The number of benzene rings is 1. The van der Waals surface area contributed by atoms with Crippen molar-refractivity contribution in [1.29, 1.82) is 5.26 Å². The first-order chi connectivity index (χ1) is 11.8. The average Bonchev–Trinajstić information content (AvgIpc) is 3.07. The summed E-state index contributed by atoms with van der Waals surface area (Å²) in [6.45, 7) is 0.711. The number of hydrogen-bond acceptors (Lipinski definition) is 5. The molecule has 0 unspecified atom stereocenters. The van der Waals surface area contributed by atoms with Crippen molar-refractivity contribution in [3.05, 3.63) is 71.6 Å². The van der Waals surface area contributed by atoms with Crippen LogP contribution in [0.15, 0.2) is 54.1 Å². The van der Waals surface area contributed by atoms with Gasteiger partial charge in [-0.25, -0.2) is 4.39 Å². The van der Waals surface area contributed by atoms with E-state index in [0.29, 0.717) is 23.4 Å². The number of nitriles is 1. The van der Waals surface area contributed by atoms with Crippen LogP contribution in [0.25, 0.3) is 0 Å². The normalized spacial score (nSPS) is 10.5. The molecule has 0 aliphatic heterocycles. The average molecular weight is 339 g/mol. The lowest BCUT2D eigenvalue weighted by Crippen LogP contribution is -2.03. The van der Waals surface area contributed by atoms with Crippen molar-refractivity contribution in [2.45, 2.75) is 23.9 Å². The number of aryl methyl sites for hydroxylation is 2. The van der Waals surface area contributed by atoms with Crippen LogP contribution in [0.4, 0.5) is 4.39 Å². The molecule has 0 saturated heterocycles. The molecule has 0 aliphatic rings. The molecule has 0 spiro atoms. The third kappa shape index (κ3) is 3.97. The zero-order valence-corrected chi connectivity index (χ0v) is 13.6. The third-order valence-corrected chi connectivity index (χ3v) is 4.48. The summed E-state index contributed by atoms with van der Waals surface area (Å²) in [6.07, 6.45) is 4.21. The van der Waals surface area contributed by atoms with Gasteiger partial charge in [0.1, 0.15) is 12.1 Å². The fraction of sp³-hybridized carbons (Fsp3) is 0.176. The molecule has 1 aromatic carbocycles. The number of aromatic nitrogens is 4.